The van der Waals surface area contributed by atoms with Crippen LogP contribution < -0.4 is 0 Å². The number of halogens is 3. The Bertz CT molecular complexity index is 335. The highest BCUT2D eigenvalue weighted by Gasteiger charge is 2.24. The van der Waals surface area contributed by atoms with Gasteiger partial charge in [-0.3, -0.25) is 10.1 Å². The van der Waals surface area contributed by atoms with Crippen LogP contribution in [0.1, 0.15) is 5.56 Å². The van der Waals surface area contributed by atoms with Crippen LogP contribution in [0.3, 0.4) is 0 Å². The van der Waals surface area contributed by atoms with E-state index in [0.717, 1.165) is 0 Å². The highest BCUT2D eigenvalue weighted by Crippen LogP contribution is 2.38. The maximum atomic E-state index is 10.3. The predicted molar refractivity (Wildman–Crippen MR) is 51.2 cm³/mol. The van der Waals surface area contributed by atoms with E-state index in [1.807, 2.05) is 0 Å². The molecular formula is C7H3Cl3NO2. The number of hydrogen-bond acceptors (Lipinski definition) is 2. The van der Waals surface area contributed by atoms with Crippen molar-refractivity contribution in [2.45, 2.75) is 3.79 Å². The van der Waals surface area contributed by atoms with Crippen molar-refractivity contribution in [2.75, 3.05) is 0 Å². The summed E-state index contributed by atoms with van der Waals surface area (Å²) in [6.45, 7) is 0. The predicted octanol–water partition coefficient (Wildman–Crippen LogP) is 3.22. The van der Waals surface area contributed by atoms with Crippen molar-refractivity contribution in [1.82, 2.24) is 0 Å². The number of benzene rings is 1. The standard InChI is InChI=1S/C7H3Cl3NO2/c8-7(9,10)5-2-1-3-6(4-5)11(12)13/h1-2,4H. The second-order valence-corrected chi connectivity index (χ2v) is 4.50. The SMILES string of the molecule is O=[N+]([O-])c1[c]ccc(C(Cl)(Cl)Cl)c1. The van der Waals surface area contributed by atoms with E-state index in [9.17, 15) is 10.1 Å². The van der Waals surface area contributed by atoms with E-state index in [1.54, 1.807) is 0 Å². The van der Waals surface area contributed by atoms with Gasteiger partial charge in [-0.2, -0.15) is 0 Å². The Morgan fingerprint density at radius 2 is 2.08 bits per heavy atom. The first kappa shape index (κ1) is 10.6. The van der Waals surface area contributed by atoms with Crippen molar-refractivity contribution in [3.8, 4) is 0 Å². The van der Waals surface area contributed by atoms with Crippen LogP contribution in [0.2, 0.25) is 0 Å². The summed E-state index contributed by atoms with van der Waals surface area (Å²) < 4.78 is -1.64. The minimum Gasteiger partial charge on any atom is -0.258 e. The summed E-state index contributed by atoms with van der Waals surface area (Å²) in [5, 5.41) is 10.3. The Hall–Kier alpha value is -0.510. The molecule has 0 amide bonds. The normalized spacial score (nSPS) is 11.3. The van der Waals surface area contributed by atoms with Gasteiger partial charge in [0.05, 0.1) is 11.0 Å². The van der Waals surface area contributed by atoms with Crippen LogP contribution in [0.5, 0.6) is 0 Å². The van der Waals surface area contributed by atoms with Crippen LogP contribution in [-0.4, -0.2) is 4.92 Å². The van der Waals surface area contributed by atoms with Crippen molar-refractivity contribution >= 4 is 40.5 Å². The number of hydrogen-bond donors (Lipinski definition) is 0. The Kier molecular flexibility index (Phi) is 3.01. The Morgan fingerprint density at radius 1 is 1.46 bits per heavy atom. The fourth-order valence-corrected chi connectivity index (χ4v) is 1.09. The molecule has 0 bridgehead atoms. The molecule has 1 radical (unpaired) electrons. The topological polar surface area (TPSA) is 43.1 Å². The third-order valence-electron chi connectivity index (χ3n) is 1.31. The molecule has 3 nitrogen and oxygen atoms in total. The van der Waals surface area contributed by atoms with Gasteiger partial charge in [0, 0.05) is 11.6 Å². The molecule has 0 heterocycles. The summed E-state index contributed by atoms with van der Waals surface area (Å²) in [5.41, 5.74) is 0.0341. The van der Waals surface area contributed by atoms with E-state index in [-0.39, 0.29) is 11.3 Å². The summed E-state index contributed by atoms with van der Waals surface area (Å²) in [4.78, 5) is 9.73. The molecule has 69 valence electrons. The molecule has 1 aromatic carbocycles. The average molecular weight is 239 g/mol. The fraction of sp³-hybridized carbons (Fsp3) is 0.143. The largest absolute Gasteiger partial charge is 0.277 e. The van der Waals surface area contributed by atoms with E-state index in [4.69, 9.17) is 34.8 Å². The van der Waals surface area contributed by atoms with Crippen molar-refractivity contribution in [3.63, 3.8) is 0 Å². The Morgan fingerprint density at radius 3 is 2.54 bits per heavy atom. The lowest BCUT2D eigenvalue weighted by molar-refractivity contribution is -0.385. The first-order valence-electron chi connectivity index (χ1n) is 3.14. The van der Waals surface area contributed by atoms with Crippen LogP contribution in [0.25, 0.3) is 0 Å². The van der Waals surface area contributed by atoms with Gasteiger partial charge in [0.15, 0.2) is 0 Å². The van der Waals surface area contributed by atoms with Crippen LogP contribution in [-0.2, 0) is 3.79 Å². The van der Waals surface area contributed by atoms with Gasteiger partial charge in [-0.05, 0) is 6.07 Å². The number of nitrogens with zero attached hydrogens (tertiary/aromatic N) is 1. The highest BCUT2D eigenvalue weighted by atomic mass is 35.6. The lowest BCUT2D eigenvalue weighted by Crippen LogP contribution is -2.00. The van der Waals surface area contributed by atoms with Crippen molar-refractivity contribution in [2.24, 2.45) is 0 Å². The molecule has 6 heteroatoms. The van der Waals surface area contributed by atoms with Gasteiger partial charge in [0.2, 0.25) is 3.79 Å². The second-order valence-electron chi connectivity index (χ2n) is 2.22. The summed E-state index contributed by atoms with van der Waals surface area (Å²) in [7, 11) is 0. The Balaban J connectivity index is 3.13. The smallest absolute Gasteiger partial charge is 0.258 e. The molecule has 0 unspecified atom stereocenters. The maximum absolute atomic E-state index is 10.3. The van der Waals surface area contributed by atoms with Gasteiger partial charge in [-0.15, -0.1) is 0 Å². The number of rotatable bonds is 1. The van der Waals surface area contributed by atoms with Gasteiger partial charge in [-0.1, -0.05) is 40.9 Å². The fourth-order valence-electron chi connectivity index (χ4n) is 0.736. The molecule has 0 saturated carbocycles. The van der Waals surface area contributed by atoms with E-state index >= 15 is 0 Å². The Labute approximate surface area is 89.4 Å². The van der Waals surface area contributed by atoms with E-state index in [1.165, 1.54) is 18.2 Å². The first-order valence-corrected chi connectivity index (χ1v) is 4.28. The van der Waals surface area contributed by atoms with E-state index in [0.29, 0.717) is 0 Å². The zero-order valence-corrected chi connectivity index (χ0v) is 8.40. The minimum atomic E-state index is -1.64. The van der Waals surface area contributed by atoms with E-state index < -0.39 is 8.72 Å². The van der Waals surface area contributed by atoms with Crippen LogP contribution >= 0.6 is 34.8 Å². The van der Waals surface area contributed by atoms with E-state index in [2.05, 4.69) is 6.07 Å². The molecule has 0 spiro atoms. The first-order chi connectivity index (χ1) is 5.91. The molecule has 0 fully saturated rings. The van der Waals surface area contributed by atoms with Crippen molar-refractivity contribution in [1.29, 1.82) is 0 Å². The summed E-state index contributed by atoms with van der Waals surface area (Å²) >= 11 is 16.6. The molecule has 0 aliphatic carbocycles. The third kappa shape index (κ3) is 2.72. The highest BCUT2D eigenvalue weighted by molar-refractivity contribution is 6.66. The molecule has 0 aliphatic heterocycles. The van der Waals surface area contributed by atoms with Gasteiger partial charge >= 0.3 is 0 Å². The van der Waals surface area contributed by atoms with Crippen molar-refractivity contribution in [3.05, 3.63) is 39.9 Å². The molecule has 1 aromatic rings. The summed E-state index contributed by atoms with van der Waals surface area (Å²) in [6.07, 6.45) is 0. The van der Waals surface area contributed by atoms with Gasteiger partial charge < -0.3 is 0 Å². The number of non-ortho nitro benzene ring substituents is 1. The number of alkyl halides is 3. The molecule has 0 aromatic heterocycles. The summed E-state index contributed by atoms with van der Waals surface area (Å²) in [5.74, 6) is 0. The molecule has 0 aliphatic rings. The quantitative estimate of drug-likeness (QED) is 0.429. The maximum Gasteiger partial charge on any atom is 0.277 e. The second kappa shape index (κ2) is 3.70. The zero-order valence-electron chi connectivity index (χ0n) is 6.13. The minimum absolute atomic E-state index is 0.219. The number of nitro benzene ring substituents is 1. The van der Waals surface area contributed by atoms with Crippen molar-refractivity contribution < 1.29 is 4.92 Å². The molecule has 0 saturated heterocycles. The molecule has 0 atom stereocenters. The molecular weight excluding hydrogens is 236 g/mol. The van der Waals surface area contributed by atoms with Gasteiger partial charge in [0.25, 0.3) is 5.69 Å². The van der Waals surface area contributed by atoms with Gasteiger partial charge in [-0.25, -0.2) is 0 Å². The zero-order chi connectivity index (χ0) is 10.1. The van der Waals surface area contributed by atoms with Gasteiger partial charge in [0.1, 0.15) is 0 Å². The van der Waals surface area contributed by atoms with Crippen LogP contribution in [0, 0.1) is 16.2 Å². The molecule has 13 heavy (non-hydrogen) atoms. The van der Waals surface area contributed by atoms with Crippen LogP contribution in [0.4, 0.5) is 5.69 Å². The molecule has 1 rings (SSSR count). The monoisotopic (exact) mass is 238 g/mol. The lowest BCUT2D eigenvalue weighted by Gasteiger charge is -2.09. The average Bonchev–Trinajstić information content (AvgIpc) is 2.03. The third-order valence-corrected chi connectivity index (χ3v) is 1.97. The van der Waals surface area contributed by atoms with Crippen LogP contribution in [0.15, 0.2) is 18.2 Å². The molecule has 0 N–H and O–H groups in total. The summed E-state index contributed by atoms with van der Waals surface area (Å²) in [6, 6.07) is 6.38. The lowest BCUT2D eigenvalue weighted by atomic mass is 10.2. The number of nitro groups is 1.